The zero-order valence-electron chi connectivity index (χ0n) is 22.2. The molecule has 1 saturated heterocycles. The largest absolute Gasteiger partial charge is 0.367 e. The average molecular weight is 537 g/mol. The lowest BCUT2D eigenvalue weighted by atomic mass is 9.99. The van der Waals surface area contributed by atoms with E-state index in [1.165, 1.54) is 42.6 Å². The van der Waals surface area contributed by atoms with Crippen LogP contribution in [0.25, 0.3) is 22.2 Å². The second-order valence-corrected chi connectivity index (χ2v) is 10.5. The number of aryl methyl sites for hydroxylation is 1. The van der Waals surface area contributed by atoms with Crippen LogP contribution in [0.3, 0.4) is 0 Å². The highest BCUT2D eigenvalue weighted by atomic mass is 19.1. The molecule has 2 aromatic carbocycles. The number of carbonyl (C=O) groups excluding carboxylic acids is 1. The quantitative estimate of drug-likeness (QED) is 0.320. The Labute approximate surface area is 225 Å². The number of H-pyrrole nitrogens is 1. The molecule has 1 fully saturated rings. The van der Waals surface area contributed by atoms with Crippen LogP contribution in [-0.4, -0.2) is 59.2 Å². The van der Waals surface area contributed by atoms with E-state index in [0.29, 0.717) is 47.6 Å². The predicted octanol–water partition coefficient (Wildman–Crippen LogP) is 5.63. The highest BCUT2D eigenvalue weighted by molar-refractivity contribution is 6.08. The van der Waals surface area contributed by atoms with E-state index in [2.05, 4.69) is 39.2 Å². The SMILES string of the molecule is CC(C)CCc1cc(F)c(-c2cc3c(NC(=O)c4ccc(F)c(N5CCN(C)CC5)c4)n[nH]c3cn2)c(F)c1. The molecule has 39 heavy (non-hydrogen) atoms. The monoisotopic (exact) mass is 536 g/mol. The van der Waals surface area contributed by atoms with Gasteiger partial charge in [0.05, 0.1) is 28.7 Å². The van der Waals surface area contributed by atoms with Gasteiger partial charge in [0.1, 0.15) is 17.5 Å². The molecule has 3 heterocycles. The van der Waals surface area contributed by atoms with E-state index < -0.39 is 23.4 Å². The number of fused-ring (bicyclic) bond motifs is 1. The number of amides is 1. The van der Waals surface area contributed by atoms with E-state index in [1.807, 2.05) is 11.9 Å². The fraction of sp³-hybridized carbons (Fsp3) is 0.345. The molecule has 1 amide bonds. The molecule has 0 bridgehead atoms. The van der Waals surface area contributed by atoms with Gasteiger partial charge in [0.15, 0.2) is 5.82 Å². The Morgan fingerprint density at radius 2 is 1.74 bits per heavy atom. The molecule has 204 valence electrons. The van der Waals surface area contributed by atoms with Crippen LogP contribution in [0.4, 0.5) is 24.7 Å². The van der Waals surface area contributed by atoms with Crippen molar-refractivity contribution in [1.82, 2.24) is 20.1 Å². The van der Waals surface area contributed by atoms with Crippen LogP contribution < -0.4 is 10.2 Å². The van der Waals surface area contributed by atoms with E-state index in [4.69, 9.17) is 0 Å². The summed E-state index contributed by atoms with van der Waals surface area (Å²) in [5.41, 5.74) is 1.57. The van der Waals surface area contributed by atoms with E-state index in [9.17, 15) is 9.18 Å². The number of benzene rings is 2. The van der Waals surface area contributed by atoms with Gasteiger partial charge in [-0.2, -0.15) is 5.10 Å². The summed E-state index contributed by atoms with van der Waals surface area (Å²) in [6, 6.07) is 8.41. The van der Waals surface area contributed by atoms with Gasteiger partial charge in [0.2, 0.25) is 0 Å². The Balaban J connectivity index is 1.40. The molecule has 7 nitrogen and oxygen atoms in total. The van der Waals surface area contributed by atoms with Gasteiger partial charge in [0, 0.05) is 37.1 Å². The fourth-order valence-electron chi connectivity index (χ4n) is 4.74. The number of carbonyl (C=O) groups is 1. The Morgan fingerprint density at radius 1 is 1.03 bits per heavy atom. The van der Waals surface area contributed by atoms with Gasteiger partial charge in [-0.3, -0.25) is 14.9 Å². The summed E-state index contributed by atoms with van der Waals surface area (Å²) in [5, 5.41) is 10.1. The number of rotatable bonds is 7. The predicted molar refractivity (Wildman–Crippen MR) is 146 cm³/mol. The molecule has 0 atom stereocenters. The summed E-state index contributed by atoms with van der Waals surface area (Å²) in [6.07, 6.45) is 2.82. The smallest absolute Gasteiger partial charge is 0.256 e. The van der Waals surface area contributed by atoms with Crippen LogP contribution in [0.2, 0.25) is 0 Å². The summed E-state index contributed by atoms with van der Waals surface area (Å²) in [4.78, 5) is 21.4. The third kappa shape index (κ3) is 5.75. The van der Waals surface area contributed by atoms with Gasteiger partial charge in [-0.15, -0.1) is 0 Å². The molecule has 0 unspecified atom stereocenters. The van der Waals surface area contributed by atoms with E-state index in [1.54, 1.807) is 0 Å². The molecule has 5 rings (SSSR count). The Kier molecular flexibility index (Phi) is 7.56. The Morgan fingerprint density at radius 3 is 2.44 bits per heavy atom. The number of anilines is 2. The first-order chi connectivity index (χ1) is 18.7. The number of pyridine rings is 1. The van der Waals surface area contributed by atoms with Crippen molar-refractivity contribution in [2.45, 2.75) is 26.7 Å². The summed E-state index contributed by atoms with van der Waals surface area (Å²) in [5.74, 6) is -1.67. The summed E-state index contributed by atoms with van der Waals surface area (Å²) in [7, 11) is 2.01. The van der Waals surface area contributed by atoms with Gasteiger partial charge in [-0.25, -0.2) is 13.2 Å². The molecule has 0 spiro atoms. The van der Waals surface area contributed by atoms with Gasteiger partial charge >= 0.3 is 0 Å². The Hall–Kier alpha value is -3.92. The van der Waals surface area contributed by atoms with Crippen LogP contribution in [0.1, 0.15) is 36.2 Å². The van der Waals surface area contributed by atoms with E-state index in [-0.39, 0.29) is 22.6 Å². The van der Waals surface area contributed by atoms with Crippen molar-refractivity contribution in [1.29, 1.82) is 0 Å². The molecule has 0 aliphatic carbocycles. The van der Waals surface area contributed by atoms with Crippen molar-refractivity contribution in [3.8, 4) is 11.3 Å². The minimum absolute atomic E-state index is 0.0870. The number of halogens is 3. The number of hydrogen-bond donors (Lipinski definition) is 2. The zero-order valence-corrected chi connectivity index (χ0v) is 22.2. The van der Waals surface area contributed by atoms with Crippen LogP contribution in [0, 0.1) is 23.4 Å². The number of nitrogens with zero attached hydrogens (tertiary/aromatic N) is 4. The molecule has 4 aromatic rings. The van der Waals surface area contributed by atoms with Crippen molar-refractivity contribution < 1.29 is 18.0 Å². The maximum Gasteiger partial charge on any atom is 0.256 e. The Bertz CT molecular complexity index is 1490. The second-order valence-electron chi connectivity index (χ2n) is 10.5. The first-order valence-electron chi connectivity index (χ1n) is 13.1. The van der Waals surface area contributed by atoms with Crippen molar-refractivity contribution in [3.63, 3.8) is 0 Å². The highest BCUT2D eigenvalue weighted by Crippen LogP contribution is 2.31. The molecule has 2 aromatic heterocycles. The number of nitrogens with one attached hydrogen (secondary N) is 2. The number of likely N-dealkylation sites (N-methyl/N-ethyl adjacent to an activating group) is 1. The van der Waals surface area contributed by atoms with Crippen LogP contribution in [-0.2, 0) is 6.42 Å². The average Bonchev–Trinajstić information content (AvgIpc) is 3.30. The first-order valence-corrected chi connectivity index (χ1v) is 13.1. The van der Waals surface area contributed by atoms with E-state index in [0.717, 1.165) is 19.5 Å². The van der Waals surface area contributed by atoms with Crippen molar-refractivity contribution in [3.05, 3.63) is 71.2 Å². The third-order valence-corrected chi connectivity index (χ3v) is 7.10. The number of aromatic nitrogens is 3. The maximum atomic E-state index is 15.0. The fourth-order valence-corrected chi connectivity index (χ4v) is 4.74. The minimum Gasteiger partial charge on any atom is -0.367 e. The van der Waals surface area contributed by atoms with Crippen LogP contribution >= 0.6 is 0 Å². The minimum atomic E-state index is -0.697. The van der Waals surface area contributed by atoms with Gasteiger partial charge < -0.3 is 15.1 Å². The first kappa shape index (κ1) is 26.7. The van der Waals surface area contributed by atoms with Gasteiger partial charge in [0.25, 0.3) is 5.91 Å². The lowest BCUT2D eigenvalue weighted by Crippen LogP contribution is -2.44. The normalized spacial score (nSPS) is 14.4. The number of aromatic amines is 1. The molecule has 0 saturated carbocycles. The molecule has 0 radical (unpaired) electrons. The zero-order chi connectivity index (χ0) is 27.7. The molecular formula is C29H31F3N6O. The van der Waals surface area contributed by atoms with Gasteiger partial charge in [-0.05, 0) is 67.8 Å². The topological polar surface area (TPSA) is 77.2 Å². The molecule has 10 heteroatoms. The number of piperazine rings is 1. The van der Waals surface area contributed by atoms with Crippen LogP contribution in [0.15, 0.2) is 42.6 Å². The lowest BCUT2D eigenvalue weighted by Gasteiger charge is -2.34. The number of hydrogen-bond acceptors (Lipinski definition) is 5. The highest BCUT2D eigenvalue weighted by Gasteiger charge is 2.21. The standard InChI is InChI=1S/C29H31F3N6O/c1-17(2)4-5-18-12-22(31)27(23(32)13-18)24-15-20-25(16-33-24)35-36-28(20)34-29(39)19-6-7-21(30)26(14-19)38-10-8-37(3)9-11-38/h6-7,12-17H,4-5,8-11H2,1-3H3,(H2,34,35,36,39). The van der Waals surface area contributed by atoms with Crippen molar-refractivity contribution >= 4 is 28.3 Å². The summed E-state index contributed by atoms with van der Waals surface area (Å²) >= 11 is 0. The van der Waals surface area contributed by atoms with Gasteiger partial charge in [-0.1, -0.05) is 13.8 Å². The lowest BCUT2D eigenvalue weighted by molar-refractivity contribution is 0.102. The van der Waals surface area contributed by atoms with Crippen molar-refractivity contribution in [2.75, 3.05) is 43.4 Å². The molecule has 1 aliphatic rings. The maximum absolute atomic E-state index is 15.0. The van der Waals surface area contributed by atoms with Crippen LogP contribution in [0.5, 0.6) is 0 Å². The third-order valence-electron chi connectivity index (χ3n) is 7.10. The second kappa shape index (κ2) is 11.1. The molecule has 1 aliphatic heterocycles. The van der Waals surface area contributed by atoms with E-state index >= 15 is 8.78 Å². The summed E-state index contributed by atoms with van der Waals surface area (Å²) < 4.78 is 44.6. The summed E-state index contributed by atoms with van der Waals surface area (Å²) in [6.45, 7) is 7.03. The van der Waals surface area contributed by atoms with Crippen molar-refractivity contribution in [2.24, 2.45) is 5.92 Å². The molecular weight excluding hydrogens is 505 g/mol. The molecule has 2 N–H and O–H groups in total.